The van der Waals surface area contributed by atoms with Crippen molar-refractivity contribution >= 4 is 11.4 Å². The Bertz CT molecular complexity index is 1090. The maximum Gasteiger partial charge on any atom is 0.126 e. The lowest BCUT2D eigenvalue weighted by Gasteiger charge is -2.40. The highest BCUT2D eigenvalue weighted by atomic mass is 19.1. The van der Waals surface area contributed by atoms with Gasteiger partial charge in [0, 0.05) is 42.6 Å². The van der Waals surface area contributed by atoms with Crippen molar-refractivity contribution in [3.8, 4) is 11.5 Å². The van der Waals surface area contributed by atoms with Gasteiger partial charge in [0.15, 0.2) is 0 Å². The van der Waals surface area contributed by atoms with Crippen LogP contribution in [0.3, 0.4) is 0 Å². The Labute approximate surface area is 188 Å². The number of anilines is 2. The lowest BCUT2D eigenvalue weighted by Crippen LogP contribution is -2.36. The Morgan fingerprint density at radius 2 is 1.62 bits per heavy atom. The van der Waals surface area contributed by atoms with Gasteiger partial charge in [0.2, 0.25) is 0 Å². The monoisotopic (exact) mass is 432 g/mol. The Morgan fingerprint density at radius 3 is 2.38 bits per heavy atom. The topological polar surface area (TPSA) is 35.9 Å². The van der Waals surface area contributed by atoms with E-state index in [1.165, 1.54) is 30.7 Å². The SMILES string of the molecule is CCOc1cc(N2CCCC2)ccc1C1c2ccc(O)cc2CCN1c1ccc(F)cc1. The van der Waals surface area contributed by atoms with E-state index in [1.54, 1.807) is 6.07 Å². The van der Waals surface area contributed by atoms with Gasteiger partial charge in [-0.25, -0.2) is 4.39 Å². The van der Waals surface area contributed by atoms with Gasteiger partial charge < -0.3 is 19.6 Å². The average molecular weight is 433 g/mol. The van der Waals surface area contributed by atoms with Crippen molar-refractivity contribution in [2.24, 2.45) is 0 Å². The van der Waals surface area contributed by atoms with Crippen molar-refractivity contribution in [3.05, 3.63) is 83.2 Å². The third kappa shape index (κ3) is 3.88. The van der Waals surface area contributed by atoms with Crippen molar-refractivity contribution in [3.63, 3.8) is 0 Å². The molecule has 32 heavy (non-hydrogen) atoms. The van der Waals surface area contributed by atoms with Crippen LogP contribution >= 0.6 is 0 Å². The number of nitrogens with zero attached hydrogens (tertiary/aromatic N) is 2. The summed E-state index contributed by atoms with van der Waals surface area (Å²) in [6, 6.07) is 18.8. The average Bonchev–Trinajstić information content (AvgIpc) is 3.34. The van der Waals surface area contributed by atoms with Crippen LogP contribution in [-0.4, -0.2) is 31.3 Å². The molecule has 0 spiro atoms. The van der Waals surface area contributed by atoms with Crippen LogP contribution in [0.2, 0.25) is 0 Å². The van der Waals surface area contributed by atoms with E-state index in [2.05, 4.69) is 28.0 Å². The molecule has 0 amide bonds. The number of phenolic OH excluding ortho intramolecular Hbond substituents is 1. The second-order valence-corrected chi connectivity index (χ2v) is 8.55. The highest BCUT2D eigenvalue weighted by molar-refractivity contribution is 5.62. The molecule has 2 heterocycles. The van der Waals surface area contributed by atoms with E-state index < -0.39 is 0 Å². The molecule has 2 aliphatic rings. The fourth-order valence-electron chi connectivity index (χ4n) is 5.06. The molecule has 0 radical (unpaired) electrons. The van der Waals surface area contributed by atoms with Crippen LogP contribution in [-0.2, 0) is 6.42 Å². The van der Waals surface area contributed by atoms with E-state index in [4.69, 9.17) is 4.74 Å². The van der Waals surface area contributed by atoms with E-state index >= 15 is 0 Å². The summed E-state index contributed by atoms with van der Waals surface area (Å²) in [7, 11) is 0. The molecule has 1 N–H and O–H groups in total. The maximum atomic E-state index is 13.6. The van der Waals surface area contributed by atoms with E-state index in [0.717, 1.165) is 54.2 Å². The number of rotatable bonds is 5. The minimum Gasteiger partial charge on any atom is -0.508 e. The van der Waals surface area contributed by atoms with Gasteiger partial charge >= 0.3 is 0 Å². The zero-order valence-electron chi connectivity index (χ0n) is 18.4. The summed E-state index contributed by atoms with van der Waals surface area (Å²) >= 11 is 0. The highest BCUT2D eigenvalue weighted by Crippen LogP contribution is 2.43. The minimum absolute atomic E-state index is 0.0843. The molecule has 0 saturated carbocycles. The summed E-state index contributed by atoms with van der Waals surface area (Å²) in [6.07, 6.45) is 3.26. The van der Waals surface area contributed by atoms with Crippen LogP contribution in [0.15, 0.2) is 60.7 Å². The van der Waals surface area contributed by atoms with E-state index in [1.807, 2.05) is 31.2 Å². The van der Waals surface area contributed by atoms with Gasteiger partial charge in [-0.05, 0) is 79.8 Å². The summed E-state index contributed by atoms with van der Waals surface area (Å²) in [4.78, 5) is 4.73. The van der Waals surface area contributed by atoms with E-state index in [0.29, 0.717) is 6.61 Å². The first kappa shape index (κ1) is 20.7. The van der Waals surface area contributed by atoms with Gasteiger partial charge in [0.1, 0.15) is 17.3 Å². The third-order valence-electron chi connectivity index (χ3n) is 6.58. The van der Waals surface area contributed by atoms with Gasteiger partial charge in [0.05, 0.1) is 12.6 Å². The van der Waals surface area contributed by atoms with Crippen molar-refractivity contribution < 1.29 is 14.2 Å². The van der Waals surface area contributed by atoms with E-state index in [-0.39, 0.29) is 17.6 Å². The number of benzene rings is 3. The Morgan fingerprint density at radius 1 is 0.906 bits per heavy atom. The molecular formula is C27H29FN2O2. The first-order valence-electron chi connectivity index (χ1n) is 11.5. The summed E-state index contributed by atoms with van der Waals surface area (Å²) in [5, 5.41) is 10.1. The van der Waals surface area contributed by atoms with Crippen molar-refractivity contribution in [1.29, 1.82) is 0 Å². The number of halogens is 1. The molecule has 0 aliphatic carbocycles. The third-order valence-corrected chi connectivity index (χ3v) is 6.58. The Balaban J connectivity index is 1.63. The second kappa shape index (κ2) is 8.73. The van der Waals surface area contributed by atoms with E-state index in [9.17, 15) is 9.50 Å². The van der Waals surface area contributed by atoms with Crippen LogP contribution in [0.25, 0.3) is 0 Å². The van der Waals surface area contributed by atoms with Gasteiger partial charge in [-0.15, -0.1) is 0 Å². The summed E-state index contributed by atoms with van der Waals surface area (Å²) < 4.78 is 19.8. The van der Waals surface area contributed by atoms with Gasteiger partial charge in [-0.2, -0.15) is 0 Å². The molecule has 5 heteroatoms. The van der Waals surface area contributed by atoms with Gasteiger partial charge in [-0.3, -0.25) is 0 Å². The van der Waals surface area contributed by atoms with Crippen molar-refractivity contribution in [2.45, 2.75) is 32.2 Å². The molecular weight excluding hydrogens is 403 g/mol. The zero-order chi connectivity index (χ0) is 22.1. The summed E-state index contributed by atoms with van der Waals surface area (Å²) in [5.74, 6) is 0.930. The Hall–Kier alpha value is -3.21. The van der Waals surface area contributed by atoms with Gasteiger partial charge in [-0.1, -0.05) is 12.1 Å². The van der Waals surface area contributed by atoms with Crippen LogP contribution in [0, 0.1) is 5.82 Å². The standard InChI is InChI=1S/C27H29FN2O2/c1-2-32-26-18-22(29-14-3-4-15-29)9-11-25(26)27-24-12-10-23(31)17-19(24)13-16-30(27)21-7-5-20(28)6-8-21/h5-12,17-18,27,31H,2-4,13-16H2,1H3. The highest BCUT2D eigenvalue weighted by Gasteiger charge is 2.32. The molecule has 0 aromatic heterocycles. The molecule has 1 fully saturated rings. The molecule has 166 valence electrons. The lowest BCUT2D eigenvalue weighted by molar-refractivity contribution is 0.334. The zero-order valence-corrected chi connectivity index (χ0v) is 18.4. The van der Waals surface area contributed by atoms with Crippen molar-refractivity contribution in [1.82, 2.24) is 0 Å². The normalized spacial score (nSPS) is 18.0. The first-order chi connectivity index (χ1) is 15.6. The molecule has 0 bridgehead atoms. The Kier molecular flexibility index (Phi) is 5.64. The van der Waals surface area contributed by atoms with Gasteiger partial charge in [0.25, 0.3) is 0 Å². The molecule has 3 aromatic rings. The van der Waals surface area contributed by atoms with Crippen LogP contribution in [0.4, 0.5) is 15.8 Å². The number of hydrogen-bond acceptors (Lipinski definition) is 4. The summed E-state index contributed by atoms with van der Waals surface area (Å²) in [5.41, 5.74) is 5.55. The predicted octanol–water partition coefficient (Wildman–Crippen LogP) is 5.68. The molecule has 1 unspecified atom stereocenters. The molecule has 3 aromatic carbocycles. The largest absolute Gasteiger partial charge is 0.508 e. The molecule has 4 nitrogen and oxygen atoms in total. The second-order valence-electron chi connectivity index (χ2n) is 8.55. The number of aromatic hydroxyl groups is 1. The fourth-order valence-corrected chi connectivity index (χ4v) is 5.06. The maximum absolute atomic E-state index is 13.6. The minimum atomic E-state index is -0.238. The molecule has 5 rings (SSSR count). The predicted molar refractivity (Wildman–Crippen MR) is 126 cm³/mol. The molecule has 1 atom stereocenters. The molecule has 2 aliphatic heterocycles. The van der Waals surface area contributed by atoms with Crippen LogP contribution < -0.4 is 14.5 Å². The number of fused-ring (bicyclic) bond motifs is 1. The first-order valence-corrected chi connectivity index (χ1v) is 11.5. The van der Waals surface area contributed by atoms with Crippen molar-refractivity contribution in [2.75, 3.05) is 36.0 Å². The number of ether oxygens (including phenoxy) is 1. The fraction of sp³-hybridized carbons (Fsp3) is 0.333. The number of hydrogen-bond donors (Lipinski definition) is 1. The smallest absolute Gasteiger partial charge is 0.126 e. The summed E-state index contributed by atoms with van der Waals surface area (Å²) in [6.45, 7) is 5.53. The number of phenols is 1. The van der Waals surface area contributed by atoms with Crippen LogP contribution in [0.5, 0.6) is 11.5 Å². The lowest BCUT2D eigenvalue weighted by atomic mass is 9.87. The quantitative estimate of drug-likeness (QED) is 0.563. The van der Waals surface area contributed by atoms with Crippen LogP contribution in [0.1, 0.15) is 42.5 Å². The molecule has 1 saturated heterocycles.